The van der Waals surface area contributed by atoms with Crippen LogP contribution >= 0.6 is 8.58 Å². The third kappa shape index (κ3) is 5.52. The zero-order chi connectivity index (χ0) is 22.3. The van der Waals surface area contributed by atoms with Gasteiger partial charge >= 0.3 is 0 Å². The first-order chi connectivity index (χ1) is 15.6. The summed E-state index contributed by atoms with van der Waals surface area (Å²) >= 11 is 0. The topological polar surface area (TPSA) is 21.6 Å². The van der Waals surface area contributed by atoms with E-state index in [1.807, 2.05) is 48.5 Å². The number of hydrogen-bond donors (Lipinski definition) is 0. The summed E-state index contributed by atoms with van der Waals surface area (Å²) in [5.41, 5.74) is 6.89. The van der Waals surface area contributed by atoms with E-state index in [-0.39, 0.29) is 0 Å². The van der Waals surface area contributed by atoms with Crippen molar-refractivity contribution < 1.29 is 4.74 Å². The van der Waals surface area contributed by atoms with E-state index in [1.54, 1.807) is 0 Å². The summed E-state index contributed by atoms with van der Waals surface area (Å²) in [4.78, 5) is 4.88. The quantitative estimate of drug-likeness (QED) is 0.234. The molecule has 0 aromatic heterocycles. The van der Waals surface area contributed by atoms with Gasteiger partial charge in [0.1, 0.15) is 12.4 Å². The van der Waals surface area contributed by atoms with Crippen molar-refractivity contribution in [2.75, 3.05) is 0 Å². The fourth-order valence-corrected chi connectivity index (χ4v) is 5.16. The Morgan fingerprint density at radius 2 is 1.53 bits per heavy atom. The summed E-state index contributed by atoms with van der Waals surface area (Å²) in [6, 6.07) is 33.4. The maximum Gasteiger partial charge on any atom is 0.127 e. The first-order valence-corrected chi connectivity index (χ1v) is 11.8. The van der Waals surface area contributed by atoms with E-state index < -0.39 is 0 Å². The monoisotopic (exact) mass is 437 g/mol. The number of para-hydroxylation sites is 1. The Kier molecular flexibility index (Phi) is 7.14. The molecule has 0 spiro atoms. The second-order valence-electron chi connectivity index (χ2n) is 7.93. The predicted molar refractivity (Wildman–Crippen MR) is 139 cm³/mol. The summed E-state index contributed by atoms with van der Waals surface area (Å²) in [5, 5.41) is 2.55. The highest BCUT2D eigenvalue weighted by atomic mass is 31.1. The minimum Gasteiger partial charge on any atom is -0.488 e. The van der Waals surface area contributed by atoms with Crippen LogP contribution in [0.15, 0.2) is 102 Å². The normalized spacial score (nSPS) is 11.8. The molecule has 0 N–H and O–H groups in total. The molecule has 0 bridgehead atoms. The van der Waals surface area contributed by atoms with Gasteiger partial charge in [-0.25, -0.2) is 0 Å². The van der Waals surface area contributed by atoms with Crippen LogP contribution in [-0.2, 0) is 6.61 Å². The van der Waals surface area contributed by atoms with E-state index in [4.69, 9.17) is 9.73 Å². The maximum absolute atomic E-state index is 6.26. The third-order valence-corrected chi connectivity index (χ3v) is 6.92. The van der Waals surface area contributed by atoms with E-state index in [0.717, 1.165) is 17.1 Å². The number of rotatable bonds is 7. The van der Waals surface area contributed by atoms with Crippen molar-refractivity contribution >= 4 is 30.6 Å². The SMILES string of the molecule is C/C(=N\c1ccccc1)c1cccc(C)c1Pc1cc(C)ccc1OCc1ccccc1. The van der Waals surface area contributed by atoms with E-state index in [0.29, 0.717) is 15.2 Å². The van der Waals surface area contributed by atoms with Crippen molar-refractivity contribution in [1.29, 1.82) is 0 Å². The number of benzene rings is 4. The molecule has 0 aliphatic carbocycles. The Labute approximate surface area is 192 Å². The van der Waals surface area contributed by atoms with Gasteiger partial charge in [0.15, 0.2) is 0 Å². The second kappa shape index (κ2) is 10.4. The predicted octanol–water partition coefficient (Wildman–Crippen LogP) is 6.65. The van der Waals surface area contributed by atoms with Gasteiger partial charge < -0.3 is 4.74 Å². The van der Waals surface area contributed by atoms with E-state index >= 15 is 0 Å². The highest BCUT2D eigenvalue weighted by molar-refractivity contribution is 7.56. The second-order valence-corrected chi connectivity index (χ2v) is 9.22. The Morgan fingerprint density at radius 3 is 2.28 bits per heavy atom. The lowest BCUT2D eigenvalue weighted by molar-refractivity contribution is 0.309. The summed E-state index contributed by atoms with van der Waals surface area (Å²) < 4.78 is 6.26. The lowest BCUT2D eigenvalue weighted by Crippen LogP contribution is -2.17. The summed E-state index contributed by atoms with van der Waals surface area (Å²) in [6.45, 7) is 6.98. The minimum absolute atomic E-state index is 0.485. The zero-order valence-electron chi connectivity index (χ0n) is 18.8. The van der Waals surface area contributed by atoms with E-state index in [2.05, 4.69) is 69.3 Å². The first-order valence-electron chi connectivity index (χ1n) is 10.8. The van der Waals surface area contributed by atoms with Gasteiger partial charge in [0.25, 0.3) is 0 Å². The average Bonchev–Trinajstić information content (AvgIpc) is 2.81. The maximum atomic E-state index is 6.26. The Hall–Kier alpha value is -3.22. The van der Waals surface area contributed by atoms with Gasteiger partial charge in [-0.1, -0.05) is 86.9 Å². The first kappa shape index (κ1) is 22.0. The van der Waals surface area contributed by atoms with Gasteiger partial charge in [0.05, 0.1) is 5.69 Å². The molecule has 0 aliphatic heterocycles. The Balaban J connectivity index is 1.66. The molecule has 4 aromatic carbocycles. The van der Waals surface area contributed by atoms with Crippen molar-refractivity contribution in [1.82, 2.24) is 0 Å². The number of aryl methyl sites for hydroxylation is 2. The van der Waals surface area contributed by atoms with Crippen LogP contribution < -0.4 is 15.3 Å². The van der Waals surface area contributed by atoms with Gasteiger partial charge in [0, 0.05) is 16.6 Å². The molecule has 3 heteroatoms. The fraction of sp³-hybridized carbons (Fsp3) is 0.138. The van der Waals surface area contributed by atoms with Crippen molar-refractivity contribution in [2.45, 2.75) is 27.4 Å². The van der Waals surface area contributed by atoms with Gasteiger partial charge in [0.2, 0.25) is 0 Å². The lowest BCUT2D eigenvalue weighted by atomic mass is 10.1. The molecule has 2 nitrogen and oxygen atoms in total. The Morgan fingerprint density at radius 1 is 0.812 bits per heavy atom. The Bertz CT molecular complexity index is 1220. The number of aliphatic imine (C=N–C) groups is 1. The van der Waals surface area contributed by atoms with Gasteiger partial charge in [-0.15, -0.1) is 0 Å². The average molecular weight is 438 g/mol. The lowest BCUT2D eigenvalue weighted by Gasteiger charge is -2.17. The molecule has 32 heavy (non-hydrogen) atoms. The van der Waals surface area contributed by atoms with Crippen LogP contribution in [-0.4, -0.2) is 5.71 Å². The highest BCUT2D eigenvalue weighted by Crippen LogP contribution is 2.25. The number of nitrogens with zero attached hydrogens (tertiary/aromatic N) is 1. The molecule has 0 heterocycles. The van der Waals surface area contributed by atoms with E-state index in [1.165, 1.54) is 32.9 Å². The van der Waals surface area contributed by atoms with Crippen LogP contribution in [0.1, 0.15) is 29.2 Å². The van der Waals surface area contributed by atoms with Crippen molar-refractivity contribution in [3.8, 4) is 5.75 Å². The molecule has 0 saturated heterocycles. The van der Waals surface area contributed by atoms with Crippen LogP contribution in [0.2, 0.25) is 0 Å². The molecule has 0 saturated carbocycles. The molecule has 0 amide bonds. The summed E-state index contributed by atoms with van der Waals surface area (Å²) in [6.07, 6.45) is 0. The van der Waals surface area contributed by atoms with Crippen LogP contribution in [0.4, 0.5) is 5.69 Å². The molecule has 1 atom stereocenters. The highest BCUT2D eigenvalue weighted by Gasteiger charge is 2.13. The number of ether oxygens (including phenoxy) is 1. The molecular formula is C29H28NOP. The molecule has 0 radical (unpaired) electrons. The van der Waals surface area contributed by atoms with Crippen molar-refractivity contribution in [2.24, 2.45) is 4.99 Å². The molecular weight excluding hydrogens is 409 g/mol. The fourth-order valence-electron chi connectivity index (χ4n) is 3.63. The van der Waals surface area contributed by atoms with Gasteiger partial charge in [-0.05, 0) is 61.5 Å². The van der Waals surface area contributed by atoms with Crippen molar-refractivity contribution in [3.63, 3.8) is 0 Å². The smallest absolute Gasteiger partial charge is 0.127 e. The molecule has 0 aliphatic rings. The molecule has 160 valence electrons. The van der Waals surface area contributed by atoms with Gasteiger partial charge in [-0.3, -0.25) is 4.99 Å². The molecule has 1 unspecified atom stereocenters. The van der Waals surface area contributed by atoms with Crippen LogP contribution in [0.3, 0.4) is 0 Å². The zero-order valence-corrected chi connectivity index (χ0v) is 19.8. The molecule has 0 fully saturated rings. The van der Waals surface area contributed by atoms with Crippen LogP contribution in [0.25, 0.3) is 0 Å². The standard InChI is InChI=1S/C29H28NOP/c1-21-17-18-27(31-20-24-12-6-4-7-13-24)28(19-21)32-29-22(2)11-10-16-26(29)23(3)30-25-14-8-5-9-15-25/h4-19,32H,20H2,1-3H3/b30-23+. The van der Waals surface area contributed by atoms with Crippen LogP contribution in [0.5, 0.6) is 5.75 Å². The molecule has 4 rings (SSSR count). The third-order valence-electron chi connectivity index (χ3n) is 5.35. The minimum atomic E-state index is 0.485. The van der Waals surface area contributed by atoms with Gasteiger partial charge in [-0.2, -0.15) is 0 Å². The largest absolute Gasteiger partial charge is 0.488 e. The number of hydrogen-bond acceptors (Lipinski definition) is 2. The molecule has 4 aromatic rings. The van der Waals surface area contributed by atoms with Crippen molar-refractivity contribution in [3.05, 3.63) is 119 Å². The van der Waals surface area contributed by atoms with E-state index in [9.17, 15) is 0 Å². The van der Waals surface area contributed by atoms with Crippen LogP contribution in [0, 0.1) is 13.8 Å². The summed E-state index contributed by atoms with van der Waals surface area (Å²) in [7, 11) is 0.485. The summed E-state index contributed by atoms with van der Waals surface area (Å²) in [5.74, 6) is 0.949.